The predicted molar refractivity (Wildman–Crippen MR) is 156 cm³/mol. The molecule has 0 aromatic heterocycles. The van der Waals surface area contributed by atoms with E-state index >= 15 is 0 Å². The van der Waals surface area contributed by atoms with Crippen molar-refractivity contribution in [1.82, 2.24) is 5.32 Å². The average Bonchev–Trinajstić information content (AvgIpc) is 2.97. The van der Waals surface area contributed by atoms with Gasteiger partial charge in [-0.15, -0.1) is 11.8 Å². The Morgan fingerprint density at radius 2 is 1.72 bits per heavy atom. The summed E-state index contributed by atoms with van der Waals surface area (Å²) in [6, 6.07) is 15.7. The Bertz CT molecular complexity index is 1190. The summed E-state index contributed by atoms with van der Waals surface area (Å²) in [5, 5.41) is 3.07. The Kier molecular flexibility index (Phi) is 9.13. The van der Waals surface area contributed by atoms with E-state index in [0.717, 1.165) is 42.1 Å². The van der Waals surface area contributed by atoms with E-state index in [4.69, 9.17) is 21.1 Å². The maximum Gasteiger partial charge on any atom is 0.241 e. The van der Waals surface area contributed by atoms with Crippen molar-refractivity contribution in [2.75, 3.05) is 44.4 Å². The average molecular weight is 567 g/mol. The highest BCUT2D eigenvalue weighted by Crippen LogP contribution is 2.46. The van der Waals surface area contributed by atoms with Crippen molar-refractivity contribution in [1.29, 1.82) is 0 Å². The minimum atomic E-state index is -0.878. The molecule has 3 aliphatic heterocycles. The van der Waals surface area contributed by atoms with Crippen LogP contribution >= 0.6 is 23.4 Å². The minimum absolute atomic E-state index is 0.0926. The van der Waals surface area contributed by atoms with Crippen molar-refractivity contribution in [3.8, 4) is 0 Å². The standard InChI is InChI=1S/C31H35ClN2O4S/c1-2-3-6-25(22-13-17-37-18-14-22)31(23-9-11-24(12-10-23)34-15-19-38-20-16-34)21-27(35)29(30(36)33-31)39-28-8-5-4-7-26(28)32/h2-12,22,25,29H,1,13-21H2,(H,33,36)/b6-3-. The maximum absolute atomic E-state index is 13.9. The van der Waals surface area contributed by atoms with Gasteiger partial charge in [0.25, 0.3) is 0 Å². The zero-order valence-electron chi connectivity index (χ0n) is 22.0. The maximum atomic E-state index is 13.9. The Hall–Kier alpha value is -2.58. The number of benzene rings is 2. The molecule has 1 N–H and O–H groups in total. The van der Waals surface area contributed by atoms with Crippen LogP contribution in [0.1, 0.15) is 24.8 Å². The van der Waals surface area contributed by atoms with Gasteiger partial charge < -0.3 is 19.7 Å². The lowest BCUT2D eigenvalue weighted by Crippen LogP contribution is -2.61. The molecule has 5 rings (SSSR count). The van der Waals surface area contributed by atoms with Gasteiger partial charge >= 0.3 is 0 Å². The van der Waals surface area contributed by atoms with E-state index in [1.54, 1.807) is 12.1 Å². The number of carbonyl (C=O) groups is 2. The SMILES string of the molecule is C=C/C=C\C(C1CCOCC1)C1(c2ccc(N3CCOCC3)cc2)CC(=O)C(Sc2ccccc2Cl)C(=O)N1. The van der Waals surface area contributed by atoms with Crippen molar-refractivity contribution in [2.24, 2.45) is 11.8 Å². The molecule has 0 radical (unpaired) electrons. The van der Waals surface area contributed by atoms with Crippen molar-refractivity contribution >= 4 is 40.7 Å². The number of anilines is 1. The molecule has 8 heteroatoms. The summed E-state index contributed by atoms with van der Waals surface area (Å²) in [5.74, 6) is -0.231. The number of hydrogen-bond acceptors (Lipinski definition) is 6. The van der Waals surface area contributed by atoms with E-state index in [-0.39, 0.29) is 29.9 Å². The van der Waals surface area contributed by atoms with Crippen molar-refractivity contribution in [2.45, 2.75) is 34.9 Å². The summed E-state index contributed by atoms with van der Waals surface area (Å²) in [6.45, 7) is 8.31. The number of allylic oxidation sites excluding steroid dienone is 2. The molecule has 3 atom stereocenters. The molecule has 2 aromatic carbocycles. The summed E-state index contributed by atoms with van der Waals surface area (Å²) < 4.78 is 11.2. The first kappa shape index (κ1) is 28.0. The Morgan fingerprint density at radius 1 is 1.03 bits per heavy atom. The molecule has 3 fully saturated rings. The third-order valence-electron chi connectivity index (χ3n) is 7.97. The van der Waals surface area contributed by atoms with Gasteiger partial charge in [-0.05, 0) is 48.6 Å². The Labute approximate surface area is 239 Å². The first-order valence-corrected chi connectivity index (χ1v) is 14.8. The van der Waals surface area contributed by atoms with E-state index < -0.39 is 10.8 Å². The Balaban J connectivity index is 1.52. The molecule has 3 aliphatic rings. The summed E-state index contributed by atoms with van der Waals surface area (Å²) >= 11 is 7.60. The molecule has 6 nitrogen and oxygen atoms in total. The molecule has 0 aliphatic carbocycles. The van der Waals surface area contributed by atoms with Gasteiger partial charge in [0, 0.05) is 49.2 Å². The number of nitrogens with one attached hydrogen (secondary N) is 1. The van der Waals surface area contributed by atoms with Crippen LogP contribution in [0.2, 0.25) is 5.02 Å². The van der Waals surface area contributed by atoms with E-state index in [9.17, 15) is 9.59 Å². The highest BCUT2D eigenvalue weighted by atomic mass is 35.5. The van der Waals surface area contributed by atoms with Crippen molar-refractivity contribution < 1.29 is 19.1 Å². The number of ketones is 1. The van der Waals surface area contributed by atoms with Gasteiger partial charge in [0.15, 0.2) is 5.78 Å². The number of rotatable bonds is 8. The summed E-state index contributed by atoms with van der Waals surface area (Å²) in [5.41, 5.74) is 1.17. The van der Waals surface area contributed by atoms with Crippen molar-refractivity contribution in [3.05, 3.63) is 83.9 Å². The van der Waals surface area contributed by atoms with Crippen LogP contribution < -0.4 is 10.2 Å². The smallest absolute Gasteiger partial charge is 0.241 e. The molecular formula is C31H35ClN2O4S. The van der Waals surface area contributed by atoms with E-state index in [2.05, 4.69) is 47.1 Å². The number of nitrogens with zero attached hydrogens (tertiary/aromatic N) is 1. The third kappa shape index (κ3) is 6.12. The van der Waals surface area contributed by atoms with Gasteiger partial charge in [0.2, 0.25) is 5.91 Å². The van der Waals surface area contributed by atoms with Crippen LogP contribution in [0.5, 0.6) is 0 Å². The monoisotopic (exact) mass is 566 g/mol. The van der Waals surface area contributed by atoms with E-state index in [0.29, 0.717) is 31.5 Å². The number of Topliss-reactive ketones (excluding diaryl/α,β-unsaturated/α-hetero) is 1. The molecule has 3 saturated heterocycles. The molecule has 0 bridgehead atoms. The van der Waals surface area contributed by atoms with Crippen LogP contribution in [0.4, 0.5) is 5.69 Å². The molecule has 206 valence electrons. The van der Waals surface area contributed by atoms with Gasteiger partial charge in [-0.3, -0.25) is 9.59 Å². The lowest BCUT2D eigenvalue weighted by Gasteiger charge is -2.48. The van der Waals surface area contributed by atoms with Crippen LogP contribution in [-0.4, -0.2) is 56.5 Å². The van der Waals surface area contributed by atoms with E-state index in [1.807, 2.05) is 24.3 Å². The molecule has 2 aromatic rings. The summed E-state index contributed by atoms with van der Waals surface area (Å²) in [6.07, 6.45) is 7.73. The van der Waals surface area contributed by atoms with Crippen molar-refractivity contribution in [3.63, 3.8) is 0 Å². The first-order chi connectivity index (χ1) is 19.0. The molecule has 39 heavy (non-hydrogen) atoms. The fraction of sp³-hybridized carbons (Fsp3) is 0.419. The number of piperidine rings is 1. The van der Waals surface area contributed by atoms with Crippen LogP contribution in [-0.2, 0) is 24.6 Å². The van der Waals surface area contributed by atoms with Gasteiger partial charge in [0.05, 0.1) is 23.8 Å². The molecule has 1 amide bonds. The normalized spacial score (nSPS) is 25.5. The second kappa shape index (κ2) is 12.7. The summed E-state index contributed by atoms with van der Waals surface area (Å²) in [7, 11) is 0. The minimum Gasteiger partial charge on any atom is -0.381 e. The number of amides is 1. The fourth-order valence-corrected chi connectivity index (χ4v) is 7.23. The molecule has 0 saturated carbocycles. The van der Waals surface area contributed by atoms with Gasteiger partial charge in [0.1, 0.15) is 5.25 Å². The fourth-order valence-electron chi connectivity index (χ4n) is 5.99. The second-order valence-electron chi connectivity index (χ2n) is 10.3. The zero-order chi connectivity index (χ0) is 27.2. The van der Waals surface area contributed by atoms with Crippen LogP contribution in [0.15, 0.2) is 78.2 Å². The van der Waals surface area contributed by atoms with E-state index in [1.165, 1.54) is 11.8 Å². The summed E-state index contributed by atoms with van der Waals surface area (Å²) in [4.78, 5) is 30.7. The number of halogens is 1. The molecule has 3 unspecified atom stereocenters. The number of ether oxygens (including phenoxy) is 2. The van der Waals surface area contributed by atoms with Crippen LogP contribution in [0, 0.1) is 11.8 Å². The number of carbonyl (C=O) groups excluding carboxylic acids is 2. The van der Waals surface area contributed by atoms with Gasteiger partial charge in [-0.25, -0.2) is 0 Å². The van der Waals surface area contributed by atoms with Gasteiger partial charge in [-0.1, -0.05) is 60.7 Å². The quantitative estimate of drug-likeness (QED) is 0.340. The molecule has 0 spiro atoms. The number of thioether (sulfide) groups is 1. The van der Waals surface area contributed by atoms with Crippen LogP contribution in [0.3, 0.4) is 0 Å². The highest BCUT2D eigenvalue weighted by molar-refractivity contribution is 8.01. The number of hydrogen-bond donors (Lipinski definition) is 1. The van der Waals surface area contributed by atoms with Crippen LogP contribution in [0.25, 0.3) is 0 Å². The zero-order valence-corrected chi connectivity index (χ0v) is 23.6. The lowest BCUT2D eigenvalue weighted by atomic mass is 9.65. The molecule has 3 heterocycles. The second-order valence-corrected chi connectivity index (χ2v) is 11.8. The lowest BCUT2D eigenvalue weighted by molar-refractivity contribution is -0.135. The highest BCUT2D eigenvalue weighted by Gasteiger charge is 2.52. The van der Waals surface area contributed by atoms with Gasteiger partial charge in [-0.2, -0.15) is 0 Å². The molecular weight excluding hydrogens is 532 g/mol. The number of morpholine rings is 1. The largest absolute Gasteiger partial charge is 0.381 e. The predicted octanol–water partition coefficient (Wildman–Crippen LogP) is 5.41. The third-order valence-corrected chi connectivity index (χ3v) is 9.73. The first-order valence-electron chi connectivity index (χ1n) is 13.6. The Morgan fingerprint density at radius 3 is 2.38 bits per heavy atom. The topological polar surface area (TPSA) is 67.9 Å².